The van der Waals surface area contributed by atoms with Crippen LogP contribution in [0.5, 0.6) is 0 Å². The zero-order chi connectivity index (χ0) is 10.8. The van der Waals surface area contributed by atoms with E-state index in [1.54, 1.807) is 0 Å². The van der Waals surface area contributed by atoms with Gasteiger partial charge in [0.2, 0.25) is 0 Å². The summed E-state index contributed by atoms with van der Waals surface area (Å²) >= 11 is -0.186. The molecule has 0 aliphatic carbocycles. The van der Waals surface area contributed by atoms with Gasteiger partial charge in [0.25, 0.3) is 0 Å². The third kappa shape index (κ3) is 1.97. The fraction of sp³-hybridized carbons (Fsp3) is 0. The van der Waals surface area contributed by atoms with Gasteiger partial charge in [-0.05, 0) is 18.2 Å². The van der Waals surface area contributed by atoms with Crippen molar-refractivity contribution < 1.29 is 25.6 Å². The zero-order valence-corrected chi connectivity index (χ0v) is 10.7. The van der Waals surface area contributed by atoms with E-state index in [4.69, 9.17) is 4.42 Å². The molecule has 1 nitrogen and oxygen atoms in total. The minimum Gasteiger partial charge on any atom is -0.418 e. The van der Waals surface area contributed by atoms with Crippen LogP contribution in [-0.4, -0.2) is 0 Å². The molecule has 0 saturated heterocycles. The lowest BCUT2D eigenvalue weighted by Crippen LogP contribution is -3.61. The van der Waals surface area contributed by atoms with Gasteiger partial charge in [0.05, 0.1) is 0 Å². The molecule has 0 bridgehead atoms. The molecule has 2 heteroatoms. The highest BCUT2D eigenvalue weighted by atomic mass is 127. The molecule has 0 saturated carbocycles. The molecule has 2 aromatic carbocycles. The summed E-state index contributed by atoms with van der Waals surface area (Å²) in [6.07, 6.45) is 0. The number of furan rings is 1. The molecule has 16 heavy (non-hydrogen) atoms. The Morgan fingerprint density at radius 1 is 0.812 bits per heavy atom. The van der Waals surface area contributed by atoms with E-state index in [1.165, 1.54) is 8.96 Å². The molecule has 0 spiro atoms. The van der Waals surface area contributed by atoms with Crippen molar-refractivity contribution in [1.29, 1.82) is 0 Å². The molecule has 3 aromatic rings. The average molecular weight is 321 g/mol. The highest BCUT2D eigenvalue weighted by Crippen LogP contribution is 2.13. The van der Waals surface area contributed by atoms with Crippen LogP contribution in [0.3, 0.4) is 0 Å². The van der Waals surface area contributed by atoms with Crippen LogP contribution in [0.1, 0.15) is 0 Å². The summed E-state index contributed by atoms with van der Waals surface area (Å²) in [5.41, 5.74) is 0.994. The maximum atomic E-state index is 5.82. The van der Waals surface area contributed by atoms with Gasteiger partial charge in [-0.2, -0.15) is 0 Å². The van der Waals surface area contributed by atoms with Crippen LogP contribution in [0.25, 0.3) is 11.0 Å². The highest BCUT2D eigenvalue weighted by molar-refractivity contribution is 5.76. The standard InChI is InChI=1S/C14H10IO/c1-2-7-12(8-3-1)15-14-10-11-6-4-5-9-13(11)16-14/h1-10H/q+1. The van der Waals surface area contributed by atoms with Crippen LogP contribution in [0.4, 0.5) is 0 Å². The maximum Gasteiger partial charge on any atom is 0.400 e. The van der Waals surface area contributed by atoms with Crippen LogP contribution < -0.4 is 21.2 Å². The molecule has 0 N–H and O–H groups in total. The average Bonchev–Trinajstić information content (AvgIpc) is 2.72. The first kappa shape index (κ1) is 9.90. The van der Waals surface area contributed by atoms with Crippen LogP contribution in [-0.2, 0) is 0 Å². The van der Waals surface area contributed by atoms with Crippen molar-refractivity contribution in [1.82, 2.24) is 0 Å². The van der Waals surface area contributed by atoms with Crippen molar-refractivity contribution in [3.63, 3.8) is 0 Å². The Balaban J connectivity index is 1.95. The molecule has 0 radical (unpaired) electrons. The number of rotatable bonds is 2. The second-order valence-electron chi connectivity index (χ2n) is 3.48. The monoisotopic (exact) mass is 321 g/mol. The van der Waals surface area contributed by atoms with Gasteiger partial charge in [-0.3, -0.25) is 0 Å². The van der Waals surface area contributed by atoms with Crippen molar-refractivity contribution in [3.8, 4) is 0 Å². The maximum absolute atomic E-state index is 5.82. The molecule has 3 rings (SSSR count). The summed E-state index contributed by atoms with van der Waals surface area (Å²) in [5.74, 6) is 0. The number of fused-ring (bicyclic) bond motifs is 1. The van der Waals surface area contributed by atoms with Crippen molar-refractivity contribution in [2.45, 2.75) is 0 Å². The van der Waals surface area contributed by atoms with E-state index in [0.717, 1.165) is 9.35 Å². The Kier molecular flexibility index (Phi) is 2.66. The number of hydrogen-bond donors (Lipinski definition) is 0. The fourth-order valence-electron chi connectivity index (χ4n) is 1.58. The molecule has 78 valence electrons. The molecule has 0 amide bonds. The van der Waals surface area contributed by atoms with Gasteiger partial charge in [0.15, 0.2) is 3.57 Å². The molecule has 1 aromatic heterocycles. The summed E-state index contributed by atoms with van der Waals surface area (Å²) in [4.78, 5) is 0. The van der Waals surface area contributed by atoms with Gasteiger partial charge in [-0.25, -0.2) is 0 Å². The number of hydrogen-bond acceptors (Lipinski definition) is 1. The Morgan fingerprint density at radius 2 is 1.56 bits per heavy atom. The number of benzene rings is 2. The molecular formula is C14H10IO+. The predicted octanol–water partition coefficient (Wildman–Crippen LogP) is 0.561. The molecule has 0 unspecified atom stereocenters. The van der Waals surface area contributed by atoms with E-state index < -0.39 is 0 Å². The minimum atomic E-state index is -0.186. The van der Waals surface area contributed by atoms with Gasteiger partial charge >= 0.3 is 25.0 Å². The second-order valence-corrected chi connectivity index (χ2v) is 6.33. The zero-order valence-electron chi connectivity index (χ0n) is 8.56. The largest absolute Gasteiger partial charge is 0.418 e. The smallest absolute Gasteiger partial charge is 0.400 e. The number of halogens is 1. The lowest BCUT2D eigenvalue weighted by Gasteiger charge is -1.81. The first-order valence-corrected chi connectivity index (χ1v) is 7.26. The van der Waals surface area contributed by atoms with Crippen molar-refractivity contribution in [3.05, 3.63) is 68.0 Å². The molecule has 0 atom stereocenters. The first-order valence-electron chi connectivity index (χ1n) is 5.10. The summed E-state index contributed by atoms with van der Waals surface area (Å²) in [7, 11) is 0. The van der Waals surface area contributed by atoms with Crippen LogP contribution in [0.15, 0.2) is 65.1 Å². The Hall–Kier alpha value is -1.29. The van der Waals surface area contributed by atoms with Crippen LogP contribution in [0, 0.1) is 7.34 Å². The lowest BCUT2D eigenvalue weighted by molar-refractivity contribution is -0.616. The molecule has 0 fully saturated rings. The summed E-state index contributed by atoms with van der Waals surface area (Å²) < 4.78 is 8.34. The van der Waals surface area contributed by atoms with E-state index in [0.29, 0.717) is 0 Å². The van der Waals surface area contributed by atoms with Crippen molar-refractivity contribution in [2.24, 2.45) is 0 Å². The highest BCUT2D eigenvalue weighted by Gasteiger charge is 2.20. The van der Waals surface area contributed by atoms with Crippen LogP contribution in [0.2, 0.25) is 0 Å². The van der Waals surface area contributed by atoms with E-state index in [1.807, 2.05) is 24.3 Å². The Bertz CT molecular complexity index is 565. The summed E-state index contributed by atoms with van der Waals surface area (Å²) in [5, 5.41) is 1.20. The van der Waals surface area contributed by atoms with E-state index in [2.05, 4.69) is 36.4 Å². The quantitative estimate of drug-likeness (QED) is 0.629. The third-order valence-electron chi connectivity index (χ3n) is 2.33. The topological polar surface area (TPSA) is 13.1 Å². The molecule has 0 aliphatic heterocycles. The van der Waals surface area contributed by atoms with Gasteiger partial charge < -0.3 is 4.42 Å². The van der Waals surface area contributed by atoms with Gasteiger partial charge in [0.1, 0.15) is 5.58 Å². The Morgan fingerprint density at radius 3 is 2.38 bits per heavy atom. The van der Waals surface area contributed by atoms with Crippen molar-refractivity contribution >= 4 is 11.0 Å². The Labute approximate surface area is 104 Å². The number of para-hydroxylation sites is 1. The van der Waals surface area contributed by atoms with E-state index in [-0.39, 0.29) is 21.2 Å². The molecule has 1 heterocycles. The van der Waals surface area contributed by atoms with Gasteiger partial charge in [-0.1, -0.05) is 36.4 Å². The minimum absolute atomic E-state index is 0.186. The lowest BCUT2D eigenvalue weighted by atomic mass is 10.3. The normalized spacial score (nSPS) is 10.8. The predicted molar refractivity (Wildman–Crippen MR) is 60.1 cm³/mol. The fourth-order valence-corrected chi connectivity index (χ4v) is 3.81. The van der Waals surface area contributed by atoms with E-state index in [9.17, 15) is 0 Å². The molecular weight excluding hydrogens is 311 g/mol. The van der Waals surface area contributed by atoms with Gasteiger partial charge in [0, 0.05) is 11.5 Å². The van der Waals surface area contributed by atoms with Gasteiger partial charge in [-0.15, -0.1) is 0 Å². The SMILES string of the molecule is c1ccc([I+]c2cc3ccccc3o2)cc1. The second kappa shape index (κ2) is 4.29. The molecule has 0 aliphatic rings. The first-order chi connectivity index (χ1) is 7.92. The van der Waals surface area contributed by atoms with Crippen LogP contribution >= 0.6 is 0 Å². The van der Waals surface area contributed by atoms with E-state index >= 15 is 0 Å². The van der Waals surface area contributed by atoms with Crippen molar-refractivity contribution in [2.75, 3.05) is 0 Å². The summed E-state index contributed by atoms with van der Waals surface area (Å²) in [6.45, 7) is 0. The summed E-state index contributed by atoms with van der Waals surface area (Å²) in [6, 6.07) is 20.9. The third-order valence-corrected chi connectivity index (χ3v) is 4.74.